The SMILES string of the molecule is N#Cc1cc([N+](=O)[O-])ccc1N1CCCN(Cc2ccccc2F)CC1. The van der Waals surface area contributed by atoms with Crippen LogP contribution in [-0.4, -0.2) is 36.0 Å². The molecule has 1 fully saturated rings. The van der Waals surface area contributed by atoms with E-state index in [1.54, 1.807) is 18.2 Å². The minimum absolute atomic E-state index is 0.0821. The molecule has 2 aromatic carbocycles. The molecule has 0 radical (unpaired) electrons. The molecule has 134 valence electrons. The minimum atomic E-state index is -0.497. The van der Waals surface area contributed by atoms with Gasteiger partial charge < -0.3 is 4.90 Å². The molecule has 0 spiro atoms. The highest BCUT2D eigenvalue weighted by Gasteiger charge is 2.20. The summed E-state index contributed by atoms with van der Waals surface area (Å²) in [5, 5.41) is 20.3. The fourth-order valence-electron chi connectivity index (χ4n) is 3.24. The van der Waals surface area contributed by atoms with E-state index in [1.807, 2.05) is 6.07 Å². The van der Waals surface area contributed by atoms with Gasteiger partial charge in [0.2, 0.25) is 0 Å². The van der Waals surface area contributed by atoms with E-state index < -0.39 is 4.92 Å². The molecule has 0 N–H and O–H groups in total. The van der Waals surface area contributed by atoms with E-state index in [1.165, 1.54) is 18.2 Å². The van der Waals surface area contributed by atoms with E-state index in [9.17, 15) is 19.8 Å². The third kappa shape index (κ3) is 3.98. The monoisotopic (exact) mass is 354 g/mol. The van der Waals surface area contributed by atoms with Crippen LogP contribution in [0.4, 0.5) is 15.8 Å². The summed E-state index contributed by atoms with van der Waals surface area (Å²) in [4.78, 5) is 14.7. The second-order valence-corrected chi connectivity index (χ2v) is 6.28. The second-order valence-electron chi connectivity index (χ2n) is 6.28. The van der Waals surface area contributed by atoms with Gasteiger partial charge in [-0.2, -0.15) is 5.26 Å². The Balaban J connectivity index is 1.72. The van der Waals surface area contributed by atoms with Crippen molar-refractivity contribution in [1.29, 1.82) is 5.26 Å². The molecule has 0 aliphatic carbocycles. The molecule has 0 aromatic heterocycles. The van der Waals surface area contributed by atoms with Gasteiger partial charge in [0.15, 0.2) is 0 Å². The quantitative estimate of drug-likeness (QED) is 0.622. The normalized spacial score (nSPS) is 15.3. The Morgan fingerprint density at radius 3 is 2.69 bits per heavy atom. The van der Waals surface area contributed by atoms with E-state index in [4.69, 9.17) is 0 Å². The molecule has 1 heterocycles. The molecular formula is C19H19FN4O2. The average Bonchev–Trinajstić information content (AvgIpc) is 2.88. The van der Waals surface area contributed by atoms with Gasteiger partial charge in [-0.15, -0.1) is 0 Å². The van der Waals surface area contributed by atoms with Crippen molar-refractivity contribution in [3.05, 3.63) is 69.5 Å². The van der Waals surface area contributed by atoms with Crippen LogP contribution in [0.25, 0.3) is 0 Å². The number of hydrogen-bond acceptors (Lipinski definition) is 5. The van der Waals surface area contributed by atoms with Crippen LogP contribution in [0.15, 0.2) is 42.5 Å². The Kier molecular flexibility index (Phi) is 5.44. The van der Waals surface area contributed by atoms with Crippen molar-refractivity contribution in [3.63, 3.8) is 0 Å². The van der Waals surface area contributed by atoms with Gasteiger partial charge in [-0.3, -0.25) is 15.0 Å². The van der Waals surface area contributed by atoms with Crippen molar-refractivity contribution in [2.45, 2.75) is 13.0 Å². The Hall–Kier alpha value is -2.98. The van der Waals surface area contributed by atoms with Crippen molar-refractivity contribution >= 4 is 11.4 Å². The van der Waals surface area contributed by atoms with Crippen molar-refractivity contribution in [2.75, 3.05) is 31.1 Å². The summed E-state index contributed by atoms with van der Waals surface area (Å²) in [6.45, 7) is 3.54. The van der Waals surface area contributed by atoms with Crippen LogP contribution in [0.3, 0.4) is 0 Å². The molecule has 0 saturated carbocycles. The lowest BCUT2D eigenvalue weighted by atomic mass is 10.1. The van der Waals surface area contributed by atoms with Crippen molar-refractivity contribution in [2.24, 2.45) is 0 Å². The molecule has 1 saturated heterocycles. The maximum atomic E-state index is 13.9. The third-order valence-corrected chi connectivity index (χ3v) is 4.59. The van der Waals surface area contributed by atoms with Crippen molar-refractivity contribution in [1.82, 2.24) is 4.90 Å². The molecule has 0 amide bonds. The van der Waals surface area contributed by atoms with E-state index in [-0.39, 0.29) is 11.5 Å². The van der Waals surface area contributed by atoms with E-state index in [2.05, 4.69) is 15.9 Å². The van der Waals surface area contributed by atoms with Gasteiger partial charge in [0.1, 0.15) is 11.9 Å². The zero-order valence-corrected chi connectivity index (χ0v) is 14.3. The second kappa shape index (κ2) is 7.93. The molecule has 0 unspecified atom stereocenters. The van der Waals surface area contributed by atoms with Crippen LogP contribution < -0.4 is 4.90 Å². The molecule has 2 aromatic rings. The van der Waals surface area contributed by atoms with Gasteiger partial charge in [0.05, 0.1) is 16.2 Å². The first-order valence-electron chi connectivity index (χ1n) is 8.48. The first kappa shape index (κ1) is 17.8. The van der Waals surface area contributed by atoms with Gasteiger partial charge in [-0.05, 0) is 18.6 Å². The predicted octanol–water partition coefficient (Wildman–Crippen LogP) is 3.32. The standard InChI is InChI=1S/C19H19FN4O2/c20-18-5-2-1-4-15(18)14-22-8-3-9-23(11-10-22)19-7-6-17(24(25)26)12-16(19)13-21/h1-2,4-7,12H,3,8-11,14H2. The lowest BCUT2D eigenvalue weighted by molar-refractivity contribution is -0.384. The summed E-state index contributed by atoms with van der Waals surface area (Å²) >= 11 is 0. The maximum absolute atomic E-state index is 13.9. The lowest BCUT2D eigenvalue weighted by Gasteiger charge is -2.24. The van der Waals surface area contributed by atoms with E-state index >= 15 is 0 Å². The number of nitrogens with zero attached hydrogens (tertiary/aromatic N) is 4. The average molecular weight is 354 g/mol. The zero-order chi connectivity index (χ0) is 18.5. The van der Waals surface area contributed by atoms with Crippen LogP contribution in [0.5, 0.6) is 0 Å². The molecule has 1 aliphatic heterocycles. The highest BCUT2D eigenvalue weighted by Crippen LogP contribution is 2.26. The fraction of sp³-hybridized carbons (Fsp3) is 0.316. The van der Waals surface area contributed by atoms with Crippen LogP contribution >= 0.6 is 0 Å². The number of nitro benzene ring substituents is 1. The molecule has 6 nitrogen and oxygen atoms in total. The smallest absolute Gasteiger partial charge is 0.270 e. The van der Waals surface area contributed by atoms with Crippen molar-refractivity contribution in [3.8, 4) is 6.07 Å². The highest BCUT2D eigenvalue weighted by molar-refractivity contribution is 5.63. The number of hydrogen-bond donors (Lipinski definition) is 0. The number of rotatable bonds is 4. The third-order valence-electron chi connectivity index (χ3n) is 4.59. The highest BCUT2D eigenvalue weighted by atomic mass is 19.1. The first-order chi connectivity index (χ1) is 12.6. The number of benzene rings is 2. The molecule has 7 heteroatoms. The Labute approximate surface area is 151 Å². The van der Waals surface area contributed by atoms with Crippen molar-refractivity contribution < 1.29 is 9.31 Å². The fourth-order valence-corrected chi connectivity index (χ4v) is 3.24. The minimum Gasteiger partial charge on any atom is -0.369 e. The van der Waals surface area contributed by atoms with Gasteiger partial charge in [0, 0.05) is 50.4 Å². The molecule has 26 heavy (non-hydrogen) atoms. The van der Waals surface area contributed by atoms with Gasteiger partial charge >= 0.3 is 0 Å². The largest absolute Gasteiger partial charge is 0.369 e. The van der Waals surface area contributed by atoms with E-state index in [0.29, 0.717) is 29.9 Å². The molecule has 0 atom stereocenters. The number of anilines is 1. The predicted molar refractivity (Wildman–Crippen MR) is 96.3 cm³/mol. The molecule has 0 bridgehead atoms. The Bertz CT molecular complexity index is 850. The first-order valence-corrected chi connectivity index (χ1v) is 8.48. The topological polar surface area (TPSA) is 73.4 Å². The zero-order valence-electron chi connectivity index (χ0n) is 14.3. The Morgan fingerprint density at radius 1 is 1.15 bits per heavy atom. The molecule has 1 aliphatic rings. The summed E-state index contributed by atoms with van der Waals surface area (Å²) < 4.78 is 13.9. The molecule has 3 rings (SSSR count). The summed E-state index contributed by atoms with van der Waals surface area (Å²) in [5.74, 6) is -0.198. The number of nitro groups is 1. The van der Waals surface area contributed by atoms with E-state index in [0.717, 1.165) is 26.1 Å². The van der Waals surface area contributed by atoms with Crippen LogP contribution in [0.1, 0.15) is 17.5 Å². The van der Waals surface area contributed by atoms with Crippen LogP contribution in [0.2, 0.25) is 0 Å². The maximum Gasteiger partial charge on any atom is 0.270 e. The number of non-ortho nitro benzene ring substituents is 1. The van der Waals surface area contributed by atoms with Crippen LogP contribution in [-0.2, 0) is 6.54 Å². The summed E-state index contributed by atoms with van der Waals surface area (Å²) in [6, 6.07) is 13.2. The van der Waals surface area contributed by atoms with Crippen LogP contribution in [0, 0.1) is 27.3 Å². The van der Waals surface area contributed by atoms with Gasteiger partial charge in [0.25, 0.3) is 5.69 Å². The van der Waals surface area contributed by atoms with Gasteiger partial charge in [-0.25, -0.2) is 4.39 Å². The number of halogens is 1. The summed E-state index contributed by atoms with van der Waals surface area (Å²) in [6.07, 6.45) is 0.871. The summed E-state index contributed by atoms with van der Waals surface area (Å²) in [5.41, 5.74) is 1.61. The Morgan fingerprint density at radius 2 is 1.96 bits per heavy atom. The number of nitriles is 1. The molecular weight excluding hydrogens is 335 g/mol. The lowest BCUT2D eigenvalue weighted by Crippen LogP contribution is -2.31. The van der Waals surface area contributed by atoms with Gasteiger partial charge in [-0.1, -0.05) is 18.2 Å². The summed E-state index contributed by atoms with van der Waals surface area (Å²) in [7, 11) is 0.